The molecule has 0 atom stereocenters. The molecule has 0 aliphatic carbocycles. The lowest BCUT2D eigenvalue weighted by atomic mass is 10.3. The fourth-order valence-electron chi connectivity index (χ4n) is 1.15. The third kappa shape index (κ3) is 4.56. The number of hydrogen-bond acceptors (Lipinski definition) is 6. The number of aromatic nitrogens is 1. The van der Waals surface area contributed by atoms with Crippen LogP contribution < -0.4 is 9.47 Å². The van der Waals surface area contributed by atoms with E-state index in [2.05, 4.69) is 4.98 Å². The molecular weight excluding hydrogens is 226 g/mol. The first kappa shape index (κ1) is 13.7. The zero-order valence-electron chi connectivity index (χ0n) is 10.0. The average Bonchev–Trinajstić information content (AvgIpc) is 2.37. The number of aliphatic hydroxyl groups is 1. The quantitative estimate of drug-likeness (QED) is 0.532. The smallest absolute Gasteiger partial charge is 0.219 e. The maximum absolute atomic E-state index is 9.19. The van der Waals surface area contributed by atoms with E-state index in [0.717, 1.165) is 0 Å². The molecule has 6 heteroatoms. The predicted molar refractivity (Wildman–Crippen MR) is 60.0 cm³/mol. The Balaban J connectivity index is 2.64. The van der Waals surface area contributed by atoms with E-state index >= 15 is 0 Å². The number of methoxy groups -OCH3 is 2. The van der Waals surface area contributed by atoms with E-state index in [4.69, 9.17) is 18.9 Å². The van der Waals surface area contributed by atoms with Crippen molar-refractivity contribution in [3.8, 4) is 11.6 Å². The average molecular weight is 243 g/mol. The minimum atomic E-state index is -0.167. The first-order valence-electron chi connectivity index (χ1n) is 5.15. The lowest BCUT2D eigenvalue weighted by molar-refractivity contribution is 0.0505. The maximum atomic E-state index is 9.19. The van der Waals surface area contributed by atoms with Gasteiger partial charge in [0.05, 0.1) is 19.4 Å². The van der Waals surface area contributed by atoms with Gasteiger partial charge >= 0.3 is 0 Å². The second-order valence-electron chi connectivity index (χ2n) is 3.19. The molecule has 0 aromatic carbocycles. The number of aliphatic hydroxyl groups excluding tert-OH is 1. The van der Waals surface area contributed by atoms with Crippen molar-refractivity contribution in [2.75, 3.05) is 34.2 Å². The molecule has 0 aliphatic heterocycles. The van der Waals surface area contributed by atoms with Gasteiger partial charge in [0.2, 0.25) is 5.88 Å². The Morgan fingerprint density at radius 2 is 2.00 bits per heavy atom. The Morgan fingerprint density at radius 1 is 1.18 bits per heavy atom. The van der Waals surface area contributed by atoms with Crippen LogP contribution >= 0.6 is 0 Å². The van der Waals surface area contributed by atoms with Crippen LogP contribution in [0.5, 0.6) is 11.6 Å². The Labute approximate surface area is 100 Å². The first-order valence-corrected chi connectivity index (χ1v) is 5.15. The topological polar surface area (TPSA) is 70.0 Å². The van der Waals surface area contributed by atoms with E-state index in [1.165, 1.54) is 13.3 Å². The number of nitrogens with zero attached hydrogens (tertiary/aromatic N) is 1. The normalized spacial score (nSPS) is 10.3. The molecule has 1 heterocycles. The van der Waals surface area contributed by atoms with E-state index < -0.39 is 0 Å². The Hall–Kier alpha value is -1.37. The molecule has 0 aliphatic rings. The minimum Gasteiger partial charge on any atom is -0.475 e. The molecule has 0 amide bonds. The molecule has 0 bridgehead atoms. The molecule has 1 N–H and O–H groups in total. The fourth-order valence-corrected chi connectivity index (χ4v) is 1.15. The highest BCUT2D eigenvalue weighted by Crippen LogP contribution is 2.21. The lowest BCUT2D eigenvalue weighted by Crippen LogP contribution is -2.08. The summed E-state index contributed by atoms with van der Waals surface area (Å²) in [6, 6.07) is 1.66. The maximum Gasteiger partial charge on any atom is 0.219 e. The van der Waals surface area contributed by atoms with Gasteiger partial charge in [0.1, 0.15) is 12.4 Å². The van der Waals surface area contributed by atoms with Crippen LogP contribution in [-0.4, -0.2) is 44.3 Å². The summed E-state index contributed by atoms with van der Waals surface area (Å²) >= 11 is 0. The number of ether oxygens (including phenoxy) is 4. The molecular formula is C11H17NO5. The molecule has 1 aromatic rings. The summed E-state index contributed by atoms with van der Waals surface area (Å²) in [5.74, 6) is 0.907. The molecule has 0 spiro atoms. The summed E-state index contributed by atoms with van der Waals surface area (Å²) in [7, 11) is 3.12. The van der Waals surface area contributed by atoms with Gasteiger partial charge in [-0.25, -0.2) is 4.98 Å². The van der Waals surface area contributed by atoms with Crippen molar-refractivity contribution in [1.29, 1.82) is 0 Å². The highest BCUT2D eigenvalue weighted by Gasteiger charge is 2.07. The summed E-state index contributed by atoms with van der Waals surface area (Å²) in [6.45, 7) is 0.819. The van der Waals surface area contributed by atoms with E-state index in [1.807, 2.05) is 0 Å². The van der Waals surface area contributed by atoms with E-state index in [9.17, 15) is 5.11 Å². The third-order valence-corrected chi connectivity index (χ3v) is 1.94. The van der Waals surface area contributed by atoms with Gasteiger partial charge in [0.15, 0.2) is 6.79 Å². The van der Waals surface area contributed by atoms with Crippen LogP contribution in [0.4, 0.5) is 0 Å². The minimum absolute atomic E-state index is 0.135. The lowest BCUT2D eigenvalue weighted by Gasteiger charge is -2.10. The van der Waals surface area contributed by atoms with Gasteiger partial charge in [0.25, 0.3) is 0 Å². The molecule has 1 aromatic heterocycles. The van der Waals surface area contributed by atoms with Crippen LogP contribution in [0.25, 0.3) is 0 Å². The Bertz CT molecular complexity index is 332. The molecule has 0 radical (unpaired) electrons. The molecule has 0 saturated carbocycles. The van der Waals surface area contributed by atoms with E-state index in [1.54, 1.807) is 13.2 Å². The SMILES string of the molecule is COCCOc1ncc(OCOC)cc1CO. The zero-order chi connectivity index (χ0) is 12.5. The molecule has 0 fully saturated rings. The molecule has 0 unspecified atom stereocenters. The third-order valence-electron chi connectivity index (χ3n) is 1.94. The number of pyridine rings is 1. The standard InChI is InChI=1S/C11H17NO5/c1-14-3-4-16-11-9(7-13)5-10(6-12-11)17-8-15-2/h5-6,13H,3-4,7-8H2,1-2H3. The van der Waals surface area contributed by atoms with Gasteiger partial charge in [-0.3, -0.25) is 0 Å². The van der Waals surface area contributed by atoms with Crippen molar-refractivity contribution in [2.45, 2.75) is 6.61 Å². The van der Waals surface area contributed by atoms with Gasteiger partial charge in [0, 0.05) is 19.8 Å². The summed E-state index contributed by atoms with van der Waals surface area (Å²) in [5, 5.41) is 9.19. The van der Waals surface area contributed by atoms with Crippen LogP contribution in [-0.2, 0) is 16.1 Å². The first-order chi connectivity index (χ1) is 8.31. The molecule has 17 heavy (non-hydrogen) atoms. The zero-order valence-corrected chi connectivity index (χ0v) is 10.0. The second kappa shape index (κ2) is 7.83. The highest BCUT2D eigenvalue weighted by atomic mass is 16.7. The Morgan fingerprint density at radius 3 is 2.65 bits per heavy atom. The Kier molecular flexibility index (Phi) is 6.31. The summed E-state index contributed by atoms with van der Waals surface area (Å²) in [6.07, 6.45) is 1.51. The second-order valence-corrected chi connectivity index (χ2v) is 3.19. The number of hydrogen-bond donors (Lipinski definition) is 1. The van der Waals surface area contributed by atoms with Crippen LogP contribution in [0.3, 0.4) is 0 Å². The molecule has 6 nitrogen and oxygen atoms in total. The van der Waals surface area contributed by atoms with E-state index in [-0.39, 0.29) is 13.4 Å². The van der Waals surface area contributed by atoms with Crippen molar-refractivity contribution < 1.29 is 24.1 Å². The van der Waals surface area contributed by atoms with Crippen molar-refractivity contribution in [3.05, 3.63) is 17.8 Å². The van der Waals surface area contributed by atoms with Gasteiger partial charge in [-0.05, 0) is 6.07 Å². The van der Waals surface area contributed by atoms with Crippen molar-refractivity contribution in [3.63, 3.8) is 0 Å². The monoisotopic (exact) mass is 243 g/mol. The van der Waals surface area contributed by atoms with Gasteiger partial charge < -0.3 is 24.1 Å². The summed E-state index contributed by atoms with van der Waals surface area (Å²) < 4.78 is 20.2. The van der Waals surface area contributed by atoms with Crippen molar-refractivity contribution in [1.82, 2.24) is 4.98 Å². The fraction of sp³-hybridized carbons (Fsp3) is 0.545. The molecule has 96 valence electrons. The largest absolute Gasteiger partial charge is 0.475 e. The van der Waals surface area contributed by atoms with Crippen LogP contribution in [0, 0.1) is 0 Å². The van der Waals surface area contributed by atoms with Crippen molar-refractivity contribution >= 4 is 0 Å². The van der Waals surface area contributed by atoms with Gasteiger partial charge in [-0.1, -0.05) is 0 Å². The summed E-state index contributed by atoms with van der Waals surface area (Å²) in [4.78, 5) is 4.06. The molecule has 0 saturated heterocycles. The van der Waals surface area contributed by atoms with Crippen LogP contribution in [0.15, 0.2) is 12.3 Å². The molecule has 1 rings (SSSR count). The van der Waals surface area contributed by atoms with Crippen molar-refractivity contribution in [2.24, 2.45) is 0 Å². The highest BCUT2D eigenvalue weighted by molar-refractivity contribution is 5.32. The van der Waals surface area contributed by atoms with Crippen LogP contribution in [0.2, 0.25) is 0 Å². The summed E-state index contributed by atoms with van der Waals surface area (Å²) in [5.41, 5.74) is 0.565. The van der Waals surface area contributed by atoms with Gasteiger partial charge in [-0.15, -0.1) is 0 Å². The van der Waals surface area contributed by atoms with Gasteiger partial charge in [-0.2, -0.15) is 0 Å². The number of rotatable bonds is 8. The van der Waals surface area contributed by atoms with E-state index in [0.29, 0.717) is 30.4 Å². The predicted octanol–water partition coefficient (Wildman–Crippen LogP) is 0.582. The van der Waals surface area contributed by atoms with Crippen LogP contribution in [0.1, 0.15) is 5.56 Å².